The molecule has 0 bridgehead atoms. The number of nitrogens with one attached hydrogen (secondary N) is 1. The van der Waals surface area contributed by atoms with Crippen LogP contribution in [0.25, 0.3) is 0 Å². The lowest BCUT2D eigenvalue weighted by molar-refractivity contribution is 0.978. The fourth-order valence-corrected chi connectivity index (χ4v) is 0.267. The molecular formula is C5H10ClN. The zero-order valence-electron chi connectivity index (χ0n) is 4.88. The largest absolute Gasteiger partial charge is 0.391 e. The van der Waals surface area contributed by atoms with Crippen molar-refractivity contribution in [3.05, 3.63) is 10.7 Å². The van der Waals surface area contributed by atoms with Gasteiger partial charge >= 0.3 is 0 Å². The third-order valence-corrected chi connectivity index (χ3v) is 1.18. The summed E-state index contributed by atoms with van der Waals surface area (Å²) in [7, 11) is 1.85. The van der Waals surface area contributed by atoms with Crippen molar-refractivity contribution < 1.29 is 0 Å². The van der Waals surface area contributed by atoms with Gasteiger partial charge < -0.3 is 5.32 Å². The highest BCUT2D eigenvalue weighted by atomic mass is 35.5. The predicted molar refractivity (Wildman–Crippen MR) is 33.3 cm³/mol. The van der Waals surface area contributed by atoms with Crippen LogP contribution in [0.4, 0.5) is 0 Å². The molecule has 0 aliphatic rings. The molecule has 0 radical (unpaired) electrons. The molecule has 0 saturated carbocycles. The maximum Gasteiger partial charge on any atom is 0.0336 e. The molecule has 0 spiro atoms. The molecule has 0 rings (SSSR count). The minimum Gasteiger partial charge on any atom is -0.391 e. The Morgan fingerprint density at radius 2 is 1.86 bits per heavy atom. The van der Waals surface area contributed by atoms with Crippen LogP contribution in [-0.2, 0) is 0 Å². The van der Waals surface area contributed by atoms with Gasteiger partial charge in [0.05, 0.1) is 0 Å². The first-order valence-corrected chi connectivity index (χ1v) is 2.57. The van der Waals surface area contributed by atoms with Crippen LogP contribution in [0.15, 0.2) is 10.7 Å². The van der Waals surface area contributed by atoms with Crippen molar-refractivity contribution in [1.29, 1.82) is 0 Å². The zero-order chi connectivity index (χ0) is 5.86. The summed E-state index contributed by atoms with van der Waals surface area (Å²) in [6.07, 6.45) is 0. The molecule has 0 aliphatic heterocycles. The van der Waals surface area contributed by atoms with Crippen molar-refractivity contribution in [2.24, 2.45) is 0 Å². The normalized spacial score (nSPS) is 13.1. The van der Waals surface area contributed by atoms with Gasteiger partial charge in [-0.15, -0.1) is 0 Å². The molecule has 0 atom stereocenters. The van der Waals surface area contributed by atoms with E-state index in [1.807, 2.05) is 20.9 Å². The summed E-state index contributed by atoms with van der Waals surface area (Å²) >= 11 is 5.55. The standard InChI is InChI=1S/C5H10ClN/c1-4(6)5(2)7-3/h7H,1-3H3/b5-4+. The summed E-state index contributed by atoms with van der Waals surface area (Å²) < 4.78 is 0. The van der Waals surface area contributed by atoms with Crippen molar-refractivity contribution in [3.63, 3.8) is 0 Å². The Kier molecular flexibility index (Phi) is 2.84. The van der Waals surface area contributed by atoms with Crippen LogP contribution in [0, 0.1) is 0 Å². The number of hydrogen-bond donors (Lipinski definition) is 1. The second-order valence-corrected chi connectivity index (χ2v) is 1.98. The number of rotatable bonds is 1. The van der Waals surface area contributed by atoms with Gasteiger partial charge in [-0.2, -0.15) is 0 Å². The van der Waals surface area contributed by atoms with E-state index in [9.17, 15) is 0 Å². The fourth-order valence-electron chi connectivity index (χ4n) is 0.172. The second kappa shape index (κ2) is 2.92. The Morgan fingerprint density at radius 1 is 1.43 bits per heavy atom. The molecule has 0 unspecified atom stereocenters. The summed E-state index contributed by atoms with van der Waals surface area (Å²) in [5.74, 6) is 0. The van der Waals surface area contributed by atoms with Gasteiger partial charge in [-0.3, -0.25) is 0 Å². The lowest BCUT2D eigenvalue weighted by Gasteiger charge is -1.96. The van der Waals surface area contributed by atoms with E-state index in [0.717, 1.165) is 10.7 Å². The van der Waals surface area contributed by atoms with Crippen LogP contribution in [0.1, 0.15) is 13.8 Å². The van der Waals surface area contributed by atoms with Crippen LogP contribution in [-0.4, -0.2) is 7.05 Å². The van der Waals surface area contributed by atoms with E-state index in [-0.39, 0.29) is 0 Å². The molecule has 42 valence electrons. The predicted octanol–water partition coefficient (Wildman–Crippen LogP) is 1.70. The highest BCUT2D eigenvalue weighted by Gasteiger charge is 1.84. The first-order valence-electron chi connectivity index (χ1n) is 2.19. The molecule has 0 aromatic heterocycles. The van der Waals surface area contributed by atoms with Gasteiger partial charge in [-0.05, 0) is 13.8 Å². The van der Waals surface area contributed by atoms with Crippen LogP contribution >= 0.6 is 11.6 Å². The Bertz CT molecular complexity index is 82.1. The molecule has 1 nitrogen and oxygen atoms in total. The molecule has 0 aliphatic carbocycles. The van der Waals surface area contributed by atoms with Crippen LogP contribution in [0.5, 0.6) is 0 Å². The lowest BCUT2D eigenvalue weighted by atomic mass is 10.5. The van der Waals surface area contributed by atoms with Gasteiger partial charge in [-0.25, -0.2) is 0 Å². The Labute approximate surface area is 49.4 Å². The average molecular weight is 120 g/mol. The molecule has 0 saturated heterocycles. The maximum absolute atomic E-state index is 5.55. The molecule has 0 aromatic rings. The quantitative estimate of drug-likeness (QED) is 0.554. The number of allylic oxidation sites excluding steroid dienone is 2. The summed E-state index contributed by atoms with van der Waals surface area (Å²) in [5, 5.41) is 3.73. The van der Waals surface area contributed by atoms with Crippen LogP contribution in [0.2, 0.25) is 0 Å². The topological polar surface area (TPSA) is 12.0 Å². The Morgan fingerprint density at radius 3 is 1.86 bits per heavy atom. The van der Waals surface area contributed by atoms with E-state index in [0.29, 0.717) is 0 Å². The van der Waals surface area contributed by atoms with Gasteiger partial charge in [-0.1, -0.05) is 11.6 Å². The zero-order valence-corrected chi connectivity index (χ0v) is 5.63. The minimum atomic E-state index is 0.822. The van der Waals surface area contributed by atoms with Gasteiger partial charge in [0.1, 0.15) is 0 Å². The summed E-state index contributed by atoms with van der Waals surface area (Å²) in [5.41, 5.74) is 1.03. The third-order valence-electron chi connectivity index (χ3n) is 0.892. The molecule has 0 amide bonds. The van der Waals surface area contributed by atoms with Gasteiger partial charge in [0.25, 0.3) is 0 Å². The van der Waals surface area contributed by atoms with Crippen molar-refractivity contribution in [1.82, 2.24) is 5.32 Å². The monoisotopic (exact) mass is 119 g/mol. The van der Waals surface area contributed by atoms with Crippen molar-refractivity contribution in [2.75, 3.05) is 7.05 Å². The fraction of sp³-hybridized carbons (Fsp3) is 0.600. The second-order valence-electron chi connectivity index (χ2n) is 1.41. The molecule has 2 heteroatoms. The number of halogens is 1. The smallest absolute Gasteiger partial charge is 0.0336 e. The molecule has 1 N–H and O–H groups in total. The Hall–Kier alpha value is -0.170. The molecule has 0 aromatic carbocycles. The molecule has 0 heterocycles. The average Bonchev–Trinajstić information content (AvgIpc) is 1.65. The van der Waals surface area contributed by atoms with E-state index in [1.165, 1.54) is 0 Å². The van der Waals surface area contributed by atoms with Crippen molar-refractivity contribution in [2.45, 2.75) is 13.8 Å². The lowest BCUT2D eigenvalue weighted by Crippen LogP contribution is -2.01. The van der Waals surface area contributed by atoms with Gasteiger partial charge in [0, 0.05) is 17.8 Å². The van der Waals surface area contributed by atoms with E-state index >= 15 is 0 Å². The van der Waals surface area contributed by atoms with Crippen LogP contribution in [0.3, 0.4) is 0 Å². The number of hydrogen-bond acceptors (Lipinski definition) is 1. The summed E-state index contributed by atoms with van der Waals surface area (Å²) in [6.45, 7) is 3.79. The van der Waals surface area contributed by atoms with E-state index < -0.39 is 0 Å². The third kappa shape index (κ3) is 2.52. The summed E-state index contributed by atoms with van der Waals surface area (Å²) in [6, 6.07) is 0. The molecular weight excluding hydrogens is 110 g/mol. The first kappa shape index (κ1) is 6.83. The molecule has 7 heavy (non-hydrogen) atoms. The summed E-state index contributed by atoms with van der Waals surface area (Å²) in [4.78, 5) is 0. The van der Waals surface area contributed by atoms with Crippen molar-refractivity contribution in [3.8, 4) is 0 Å². The van der Waals surface area contributed by atoms with E-state index in [4.69, 9.17) is 11.6 Å². The highest BCUT2D eigenvalue weighted by Crippen LogP contribution is 2.02. The van der Waals surface area contributed by atoms with E-state index in [1.54, 1.807) is 0 Å². The van der Waals surface area contributed by atoms with Gasteiger partial charge in [0.15, 0.2) is 0 Å². The first-order chi connectivity index (χ1) is 3.18. The van der Waals surface area contributed by atoms with Crippen molar-refractivity contribution >= 4 is 11.6 Å². The van der Waals surface area contributed by atoms with Crippen LogP contribution < -0.4 is 5.32 Å². The minimum absolute atomic E-state index is 0.822. The van der Waals surface area contributed by atoms with E-state index in [2.05, 4.69) is 5.32 Å². The molecule has 0 fully saturated rings. The maximum atomic E-state index is 5.55. The highest BCUT2D eigenvalue weighted by molar-refractivity contribution is 6.29. The van der Waals surface area contributed by atoms with Gasteiger partial charge in [0.2, 0.25) is 0 Å². The Balaban J connectivity index is 3.72. The SMILES string of the molecule is CN/C(C)=C(\C)Cl.